The third kappa shape index (κ3) is 1.94. The van der Waals surface area contributed by atoms with Crippen molar-refractivity contribution in [1.29, 1.82) is 0 Å². The quantitative estimate of drug-likeness (QED) is 0.572. The monoisotopic (exact) mass is 173 g/mol. The SMILES string of the molecule is C[C-](c1ccccc1)C(F)(F)F. The number of rotatable bonds is 1. The molecule has 0 amide bonds. The van der Waals surface area contributed by atoms with Crippen LogP contribution in [0.4, 0.5) is 13.2 Å². The Kier molecular flexibility index (Phi) is 2.31. The number of alkyl halides is 3. The molecule has 0 aliphatic heterocycles. The van der Waals surface area contributed by atoms with E-state index in [1.54, 1.807) is 18.2 Å². The van der Waals surface area contributed by atoms with Crippen molar-refractivity contribution in [2.24, 2.45) is 0 Å². The van der Waals surface area contributed by atoms with E-state index in [0.29, 0.717) is 0 Å². The van der Waals surface area contributed by atoms with Crippen LogP contribution in [0.2, 0.25) is 0 Å². The molecule has 0 saturated heterocycles. The van der Waals surface area contributed by atoms with Gasteiger partial charge >= 0.3 is 6.18 Å². The van der Waals surface area contributed by atoms with Gasteiger partial charge < -0.3 is 0 Å². The zero-order valence-electron chi connectivity index (χ0n) is 6.52. The third-order valence-corrected chi connectivity index (χ3v) is 1.63. The molecule has 0 heterocycles. The molecule has 3 heteroatoms. The Morgan fingerprint density at radius 3 is 2.00 bits per heavy atom. The minimum Gasteiger partial charge on any atom is -0.181 e. The van der Waals surface area contributed by atoms with E-state index in [4.69, 9.17) is 0 Å². The maximum atomic E-state index is 12.1. The van der Waals surface area contributed by atoms with Crippen molar-refractivity contribution in [3.05, 3.63) is 41.8 Å². The van der Waals surface area contributed by atoms with Gasteiger partial charge in [0.2, 0.25) is 0 Å². The normalized spacial score (nSPS) is 11.3. The molecule has 0 aliphatic carbocycles. The number of hydrogen-bond donors (Lipinski definition) is 0. The number of halogens is 3. The van der Waals surface area contributed by atoms with Gasteiger partial charge in [0.05, 0.1) is 0 Å². The summed E-state index contributed by atoms with van der Waals surface area (Å²) in [5, 5.41) is 0. The Labute approximate surface area is 69.0 Å². The lowest BCUT2D eigenvalue weighted by molar-refractivity contribution is -0.108. The van der Waals surface area contributed by atoms with Crippen LogP contribution in [0.1, 0.15) is 12.5 Å². The van der Waals surface area contributed by atoms with Crippen LogP contribution < -0.4 is 0 Å². The van der Waals surface area contributed by atoms with Crippen LogP contribution in [0.25, 0.3) is 0 Å². The van der Waals surface area contributed by atoms with Gasteiger partial charge in [0.1, 0.15) is 0 Å². The van der Waals surface area contributed by atoms with Crippen molar-refractivity contribution >= 4 is 0 Å². The molecule has 0 aromatic heterocycles. The van der Waals surface area contributed by atoms with E-state index in [1.165, 1.54) is 12.1 Å². The predicted molar refractivity (Wildman–Crippen MR) is 40.5 cm³/mol. The summed E-state index contributed by atoms with van der Waals surface area (Å²) in [6.45, 7) is 1.08. The molecule has 0 spiro atoms. The van der Waals surface area contributed by atoms with Crippen molar-refractivity contribution in [3.8, 4) is 0 Å². The Morgan fingerprint density at radius 2 is 1.58 bits per heavy atom. The van der Waals surface area contributed by atoms with Gasteiger partial charge in [0.25, 0.3) is 0 Å². The summed E-state index contributed by atoms with van der Waals surface area (Å²) in [4.78, 5) is 0. The first-order valence-corrected chi connectivity index (χ1v) is 3.48. The van der Waals surface area contributed by atoms with Crippen molar-refractivity contribution in [3.63, 3.8) is 0 Å². The average Bonchev–Trinajstić information content (AvgIpc) is 2.03. The highest BCUT2D eigenvalue weighted by Gasteiger charge is 2.30. The zero-order chi connectivity index (χ0) is 9.19. The second-order valence-electron chi connectivity index (χ2n) is 2.49. The van der Waals surface area contributed by atoms with E-state index >= 15 is 0 Å². The van der Waals surface area contributed by atoms with Crippen LogP contribution >= 0.6 is 0 Å². The Bertz CT molecular complexity index is 238. The van der Waals surface area contributed by atoms with Gasteiger partial charge in [-0.15, -0.1) is 12.1 Å². The van der Waals surface area contributed by atoms with Crippen LogP contribution in [0.15, 0.2) is 30.3 Å². The number of hydrogen-bond acceptors (Lipinski definition) is 0. The zero-order valence-corrected chi connectivity index (χ0v) is 6.52. The first-order chi connectivity index (χ1) is 5.52. The second kappa shape index (κ2) is 3.09. The van der Waals surface area contributed by atoms with E-state index in [2.05, 4.69) is 0 Å². The summed E-state index contributed by atoms with van der Waals surface area (Å²) in [6.07, 6.45) is -4.22. The van der Waals surface area contributed by atoms with Crippen molar-refractivity contribution < 1.29 is 13.2 Å². The van der Waals surface area contributed by atoms with Gasteiger partial charge in [-0.25, -0.2) is 0 Å². The Hall–Kier alpha value is -1.12. The largest absolute Gasteiger partial charge is 0.367 e. The standard InChI is InChI=1S/C9H8F3/c1-7(9(10,11)12)8-5-3-2-4-6-8/h2-6H,1H3/q-1. The molecule has 0 radical (unpaired) electrons. The van der Waals surface area contributed by atoms with Gasteiger partial charge in [-0.3, -0.25) is 0 Å². The number of benzene rings is 1. The van der Waals surface area contributed by atoms with Crippen LogP contribution in [0.3, 0.4) is 0 Å². The summed E-state index contributed by atoms with van der Waals surface area (Å²) in [5.74, 6) is -0.553. The molecular weight excluding hydrogens is 165 g/mol. The highest BCUT2D eigenvalue weighted by atomic mass is 19.4. The van der Waals surface area contributed by atoms with Gasteiger partial charge in [-0.1, -0.05) is 18.9 Å². The van der Waals surface area contributed by atoms with E-state index < -0.39 is 12.1 Å². The minimum absolute atomic E-state index is 0.227. The molecule has 0 bridgehead atoms. The van der Waals surface area contributed by atoms with E-state index in [9.17, 15) is 13.2 Å². The molecule has 0 fully saturated rings. The molecule has 0 saturated carbocycles. The fourth-order valence-electron chi connectivity index (χ4n) is 0.852. The molecular formula is C9H8F3-. The molecule has 66 valence electrons. The fourth-order valence-corrected chi connectivity index (χ4v) is 0.852. The van der Waals surface area contributed by atoms with Crippen molar-refractivity contribution in [2.45, 2.75) is 13.1 Å². The Morgan fingerprint density at radius 1 is 1.08 bits per heavy atom. The average molecular weight is 173 g/mol. The van der Waals surface area contributed by atoms with Crippen LogP contribution in [-0.4, -0.2) is 6.18 Å². The van der Waals surface area contributed by atoms with E-state index in [0.717, 1.165) is 6.92 Å². The van der Waals surface area contributed by atoms with Gasteiger partial charge in [0.15, 0.2) is 0 Å². The molecule has 12 heavy (non-hydrogen) atoms. The molecule has 1 aromatic carbocycles. The third-order valence-electron chi connectivity index (χ3n) is 1.63. The first-order valence-electron chi connectivity index (χ1n) is 3.48. The molecule has 0 atom stereocenters. The van der Waals surface area contributed by atoms with Crippen LogP contribution in [0, 0.1) is 5.92 Å². The van der Waals surface area contributed by atoms with Crippen LogP contribution in [-0.2, 0) is 0 Å². The fraction of sp³-hybridized carbons (Fsp3) is 0.222. The minimum atomic E-state index is -4.22. The highest BCUT2D eigenvalue weighted by Crippen LogP contribution is 2.32. The molecule has 1 aromatic rings. The summed E-state index contributed by atoms with van der Waals surface area (Å²) >= 11 is 0. The highest BCUT2D eigenvalue weighted by molar-refractivity contribution is 5.31. The molecule has 0 unspecified atom stereocenters. The maximum Gasteiger partial charge on any atom is 0.367 e. The molecule has 0 N–H and O–H groups in total. The molecule has 0 nitrogen and oxygen atoms in total. The lowest BCUT2D eigenvalue weighted by atomic mass is 10.0. The van der Waals surface area contributed by atoms with Crippen molar-refractivity contribution in [2.75, 3.05) is 0 Å². The molecule has 1 rings (SSSR count). The van der Waals surface area contributed by atoms with Crippen LogP contribution in [0.5, 0.6) is 0 Å². The summed E-state index contributed by atoms with van der Waals surface area (Å²) in [7, 11) is 0. The molecule has 0 aliphatic rings. The first kappa shape index (κ1) is 8.97. The predicted octanol–water partition coefficient (Wildman–Crippen LogP) is 3.19. The summed E-state index contributed by atoms with van der Waals surface area (Å²) in [5.41, 5.74) is 0.227. The lowest BCUT2D eigenvalue weighted by Gasteiger charge is -2.23. The Balaban J connectivity index is 2.86. The van der Waals surface area contributed by atoms with Crippen molar-refractivity contribution in [1.82, 2.24) is 0 Å². The van der Waals surface area contributed by atoms with E-state index in [-0.39, 0.29) is 5.56 Å². The maximum absolute atomic E-state index is 12.1. The van der Waals surface area contributed by atoms with Gasteiger partial charge in [-0.05, 0) is 0 Å². The summed E-state index contributed by atoms with van der Waals surface area (Å²) in [6, 6.07) is 7.76. The summed E-state index contributed by atoms with van der Waals surface area (Å²) < 4.78 is 36.3. The van der Waals surface area contributed by atoms with Gasteiger partial charge in [-0.2, -0.15) is 30.9 Å². The van der Waals surface area contributed by atoms with Gasteiger partial charge in [0, 0.05) is 0 Å². The topological polar surface area (TPSA) is 0 Å². The lowest BCUT2D eigenvalue weighted by Crippen LogP contribution is -2.18. The van der Waals surface area contributed by atoms with E-state index in [1.807, 2.05) is 0 Å². The smallest absolute Gasteiger partial charge is 0.181 e. The second-order valence-corrected chi connectivity index (χ2v) is 2.49.